The van der Waals surface area contributed by atoms with Crippen molar-refractivity contribution in [1.29, 1.82) is 5.26 Å². The van der Waals surface area contributed by atoms with Crippen LogP contribution in [0, 0.1) is 11.3 Å². The van der Waals surface area contributed by atoms with E-state index in [2.05, 4.69) is 6.07 Å². The number of benzene rings is 3. The fraction of sp³-hybridized carbons (Fsp3) is 0.303. The van der Waals surface area contributed by atoms with Gasteiger partial charge in [0, 0.05) is 23.9 Å². The number of unbranched alkanes of at least 4 members (excludes halogenated alkanes) is 4. The van der Waals surface area contributed by atoms with Gasteiger partial charge in [0.1, 0.15) is 11.5 Å². The van der Waals surface area contributed by atoms with Gasteiger partial charge in [0.05, 0.1) is 37.0 Å². The average Bonchev–Trinajstić information content (AvgIpc) is 2.99. The minimum absolute atomic E-state index is 0.0488. The summed E-state index contributed by atoms with van der Waals surface area (Å²) in [6, 6.07) is 17.8. The zero-order valence-corrected chi connectivity index (χ0v) is 24.2. The van der Waals surface area contributed by atoms with Crippen LogP contribution in [-0.4, -0.2) is 31.8 Å². The summed E-state index contributed by atoms with van der Waals surface area (Å²) in [7, 11) is 0. The van der Waals surface area contributed by atoms with Gasteiger partial charge in [-0.15, -0.1) is 0 Å². The summed E-state index contributed by atoms with van der Waals surface area (Å²) in [5, 5.41) is 8.54. The maximum Gasteiger partial charge on any atom is 0.426 e. The Morgan fingerprint density at radius 3 is 2.07 bits per heavy atom. The molecule has 0 unspecified atom stereocenters. The number of anilines is 2. The number of ether oxygens (including phenoxy) is 4. The molecular weight excluding hydrogens is 572 g/mol. The second kappa shape index (κ2) is 17.1. The standard InChI is InChI=1S/C33H35F2N3O6/c34-33(35,26-10-14-29(15-11-26)41-18-4-2-1-3-17-36)44-30-12-7-24(8-13-30)9-16-31(39)42-19-5-6-20-43-32(40)25-21-27(37)23-28(38)22-25/h7-16,21-23H,1-6,18-20,37-38H2. The van der Waals surface area contributed by atoms with Crippen LogP contribution in [0.1, 0.15) is 60.0 Å². The first-order valence-corrected chi connectivity index (χ1v) is 14.1. The molecule has 0 heterocycles. The van der Waals surface area contributed by atoms with Crippen molar-refractivity contribution in [3.8, 4) is 17.6 Å². The number of carbonyl (C=O) groups excluding carboxylic acids is 2. The topological polar surface area (TPSA) is 147 Å². The first kappa shape index (κ1) is 33.4. The summed E-state index contributed by atoms with van der Waals surface area (Å²) >= 11 is 0. The molecule has 0 atom stereocenters. The molecular formula is C33H35F2N3O6. The summed E-state index contributed by atoms with van der Waals surface area (Å²) < 4.78 is 50.2. The van der Waals surface area contributed by atoms with Crippen molar-refractivity contribution in [2.24, 2.45) is 0 Å². The lowest BCUT2D eigenvalue weighted by atomic mass is 10.2. The zero-order chi connectivity index (χ0) is 31.8. The molecule has 3 aromatic carbocycles. The van der Waals surface area contributed by atoms with E-state index in [-0.39, 0.29) is 30.1 Å². The van der Waals surface area contributed by atoms with Crippen molar-refractivity contribution in [2.45, 2.75) is 44.6 Å². The van der Waals surface area contributed by atoms with E-state index in [1.165, 1.54) is 78.9 Å². The number of hydrogen-bond acceptors (Lipinski definition) is 9. The Hall–Kier alpha value is -5.11. The Morgan fingerprint density at radius 2 is 1.41 bits per heavy atom. The van der Waals surface area contributed by atoms with Gasteiger partial charge < -0.3 is 30.4 Å². The number of esters is 2. The molecule has 0 aliphatic rings. The molecule has 0 aliphatic heterocycles. The predicted octanol–water partition coefficient (Wildman–Crippen LogP) is 6.64. The molecule has 0 aromatic heterocycles. The van der Waals surface area contributed by atoms with Gasteiger partial charge in [0.2, 0.25) is 0 Å². The minimum atomic E-state index is -3.57. The minimum Gasteiger partial charge on any atom is -0.494 e. The molecule has 0 fully saturated rings. The Labute approximate surface area is 255 Å². The van der Waals surface area contributed by atoms with E-state index in [0.717, 1.165) is 19.3 Å². The number of nitrogen functional groups attached to an aromatic ring is 2. The maximum absolute atomic E-state index is 14.7. The number of halogens is 2. The van der Waals surface area contributed by atoms with Crippen LogP contribution in [-0.2, 0) is 20.4 Å². The monoisotopic (exact) mass is 607 g/mol. The van der Waals surface area contributed by atoms with Crippen molar-refractivity contribution in [2.75, 3.05) is 31.3 Å². The van der Waals surface area contributed by atoms with Gasteiger partial charge in [-0.05, 0) is 98.3 Å². The molecule has 0 amide bonds. The molecule has 3 rings (SSSR count). The van der Waals surface area contributed by atoms with Crippen molar-refractivity contribution in [3.63, 3.8) is 0 Å². The predicted molar refractivity (Wildman–Crippen MR) is 162 cm³/mol. The van der Waals surface area contributed by atoms with E-state index in [0.29, 0.717) is 48.6 Å². The number of nitriles is 1. The highest BCUT2D eigenvalue weighted by molar-refractivity contribution is 5.91. The first-order chi connectivity index (χ1) is 21.2. The first-order valence-electron chi connectivity index (χ1n) is 14.1. The van der Waals surface area contributed by atoms with Gasteiger partial charge in [-0.3, -0.25) is 0 Å². The molecule has 0 aliphatic carbocycles. The molecule has 0 saturated heterocycles. The van der Waals surface area contributed by atoms with Crippen molar-refractivity contribution in [3.05, 3.63) is 89.5 Å². The van der Waals surface area contributed by atoms with Gasteiger partial charge in [0.15, 0.2) is 0 Å². The van der Waals surface area contributed by atoms with E-state index < -0.39 is 18.0 Å². The molecule has 9 nitrogen and oxygen atoms in total. The van der Waals surface area contributed by atoms with Crippen molar-refractivity contribution in [1.82, 2.24) is 0 Å². The molecule has 4 N–H and O–H groups in total. The largest absolute Gasteiger partial charge is 0.494 e. The highest BCUT2D eigenvalue weighted by Gasteiger charge is 2.34. The van der Waals surface area contributed by atoms with Crippen LogP contribution in [0.15, 0.2) is 72.8 Å². The SMILES string of the molecule is N#CCCCCCOc1ccc(C(F)(F)Oc2ccc(C=CC(=O)OCCCCOC(=O)c3cc(N)cc(N)c3)cc2)cc1. The molecule has 3 aromatic rings. The smallest absolute Gasteiger partial charge is 0.426 e. The molecule has 232 valence electrons. The summed E-state index contributed by atoms with van der Waals surface area (Å²) in [6.45, 7) is 0.710. The van der Waals surface area contributed by atoms with Gasteiger partial charge in [0.25, 0.3) is 0 Å². The van der Waals surface area contributed by atoms with Crippen LogP contribution < -0.4 is 20.9 Å². The highest BCUT2D eigenvalue weighted by Crippen LogP contribution is 2.32. The third-order valence-electron chi connectivity index (χ3n) is 6.16. The fourth-order valence-electron chi connectivity index (χ4n) is 3.90. The molecule has 0 spiro atoms. The van der Waals surface area contributed by atoms with Gasteiger partial charge in [-0.1, -0.05) is 12.1 Å². The third-order valence-corrected chi connectivity index (χ3v) is 6.16. The lowest BCUT2D eigenvalue weighted by Crippen LogP contribution is -2.21. The van der Waals surface area contributed by atoms with E-state index >= 15 is 0 Å². The van der Waals surface area contributed by atoms with E-state index in [1.807, 2.05) is 0 Å². The molecule has 0 saturated carbocycles. The summed E-state index contributed by atoms with van der Waals surface area (Å²) in [4.78, 5) is 24.0. The highest BCUT2D eigenvalue weighted by atomic mass is 19.3. The molecule has 0 radical (unpaired) electrons. The molecule has 11 heteroatoms. The third kappa shape index (κ3) is 11.6. The summed E-state index contributed by atoms with van der Waals surface area (Å²) in [5.74, 6) is -0.691. The van der Waals surface area contributed by atoms with Crippen LogP contribution in [0.25, 0.3) is 6.08 Å². The summed E-state index contributed by atoms with van der Waals surface area (Å²) in [5.41, 5.74) is 12.6. The number of rotatable bonds is 17. The average molecular weight is 608 g/mol. The fourth-order valence-corrected chi connectivity index (χ4v) is 3.90. The van der Waals surface area contributed by atoms with E-state index in [9.17, 15) is 18.4 Å². The van der Waals surface area contributed by atoms with Crippen molar-refractivity contribution >= 4 is 29.4 Å². The van der Waals surface area contributed by atoms with E-state index in [4.69, 9.17) is 35.7 Å². The number of carbonyl (C=O) groups is 2. The van der Waals surface area contributed by atoms with E-state index in [1.54, 1.807) is 0 Å². The lowest BCUT2D eigenvalue weighted by molar-refractivity contribution is -0.185. The maximum atomic E-state index is 14.7. The molecule has 0 bridgehead atoms. The van der Waals surface area contributed by atoms with Crippen LogP contribution in [0.5, 0.6) is 11.5 Å². The van der Waals surface area contributed by atoms with Crippen LogP contribution >= 0.6 is 0 Å². The van der Waals surface area contributed by atoms with Crippen molar-refractivity contribution < 1.29 is 37.3 Å². The number of hydrogen-bond donors (Lipinski definition) is 2. The van der Waals surface area contributed by atoms with Crippen LogP contribution in [0.2, 0.25) is 0 Å². The Bertz CT molecular complexity index is 1420. The Balaban J connectivity index is 1.35. The Morgan fingerprint density at radius 1 is 0.795 bits per heavy atom. The quantitative estimate of drug-likeness (QED) is 0.0746. The van der Waals surface area contributed by atoms with Gasteiger partial charge in [-0.25, -0.2) is 9.59 Å². The second-order valence-electron chi connectivity index (χ2n) is 9.76. The Kier molecular flexibility index (Phi) is 13.0. The van der Waals surface area contributed by atoms with Gasteiger partial charge in [-0.2, -0.15) is 14.0 Å². The normalized spacial score (nSPS) is 11.1. The lowest BCUT2D eigenvalue weighted by Gasteiger charge is -2.18. The molecule has 44 heavy (non-hydrogen) atoms. The van der Waals surface area contributed by atoms with Gasteiger partial charge >= 0.3 is 18.0 Å². The van der Waals surface area contributed by atoms with Crippen LogP contribution in [0.4, 0.5) is 20.2 Å². The second-order valence-corrected chi connectivity index (χ2v) is 9.76. The number of nitrogens with zero attached hydrogens (tertiary/aromatic N) is 1. The zero-order valence-electron chi connectivity index (χ0n) is 24.2. The number of nitrogens with two attached hydrogens (primary N) is 2. The van der Waals surface area contributed by atoms with Crippen LogP contribution in [0.3, 0.4) is 0 Å². The summed E-state index contributed by atoms with van der Waals surface area (Å²) in [6.07, 6.45) is 3.06. The number of alkyl halides is 2.